The van der Waals surface area contributed by atoms with Gasteiger partial charge in [0.05, 0.1) is 12.1 Å². The van der Waals surface area contributed by atoms with E-state index < -0.39 is 5.54 Å². The maximum absolute atomic E-state index is 9.49. The first-order chi connectivity index (χ1) is 5.97. The Hall–Kier alpha value is -1.26. The molecular formula is C9H14N2O2. The Bertz CT molecular complexity index is 310. The van der Waals surface area contributed by atoms with E-state index in [-0.39, 0.29) is 12.4 Å². The zero-order chi connectivity index (χ0) is 10.1. The fraction of sp³-hybridized carbons (Fsp3) is 0.333. The van der Waals surface area contributed by atoms with E-state index in [1.165, 1.54) is 6.07 Å². The molecule has 0 spiro atoms. The summed E-state index contributed by atoms with van der Waals surface area (Å²) >= 11 is 0. The van der Waals surface area contributed by atoms with Crippen LogP contribution in [0.5, 0.6) is 5.75 Å². The third kappa shape index (κ3) is 1.91. The van der Waals surface area contributed by atoms with Crippen LogP contribution in [0.1, 0.15) is 12.5 Å². The minimum Gasteiger partial charge on any atom is -0.508 e. The quantitative estimate of drug-likeness (QED) is 0.489. The smallest absolute Gasteiger partial charge is 0.122 e. The minimum absolute atomic E-state index is 0.0130. The normalized spacial score (nSPS) is 15.3. The number of benzene rings is 1. The highest BCUT2D eigenvalue weighted by Gasteiger charge is 2.23. The van der Waals surface area contributed by atoms with Gasteiger partial charge in [-0.15, -0.1) is 0 Å². The third-order valence-electron chi connectivity index (χ3n) is 1.97. The number of aliphatic hydroxyl groups excluding tert-OH is 1. The van der Waals surface area contributed by atoms with Crippen molar-refractivity contribution in [2.24, 2.45) is 5.73 Å². The van der Waals surface area contributed by atoms with Crippen molar-refractivity contribution in [1.82, 2.24) is 0 Å². The van der Waals surface area contributed by atoms with Crippen LogP contribution >= 0.6 is 0 Å². The highest BCUT2D eigenvalue weighted by molar-refractivity contribution is 5.49. The molecule has 0 fully saturated rings. The topological polar surface area (TPSA) is 92.5 Å². The molecule has 0 aromatic heterocycles. The maximum atomic E-state index is 9.49. The van der Waals surface area contributed by atoms with Gasteiger partial charge >= 0.3 is 0 Å². The largest absolute Gasteiger partial charge is 0.508 e. The second-order valence-electron chi connectivity index (χ2n) is 3.35. The van der Waals surface area contributed by atoms with E-state index in [0.717, 1.165) is 0 Å². The summed E-state index contributed by atoms with van der Waals surface area (Å²) in [6, 6.07) is 4.66. The molecule has 72 valence electrons. The van der Waals surface area contributed by atoms with Crippen LogP contribution in [-0.4, -0.2) is 16.8 Å². The Morgan fingerprint density at radius 3 is 2.54 bits per heavy atom. The van der Waals surface area contributed by atoms with Gasteiger partial charge in [-0.2, -0.15) is 0 Å². The van der Waals surface area contributed by atoms with Gasteiger partial charge in [-0.05, 0) is 13.0 Å². The van der Waals surface area contributed by atoms with Gasteiger partial charge < -0.3 is 21.7 Å². The highest BCUT2D eigenvalue weighted by Crippen LogP contribution is 2.28. The zero-order valence-corrected chi connectivity index (χ0v) is 7.49. The van der Waals surface area contributed by atoms with E-state index in [1.807, 2.05) is 0 Å². The molecule has 0 heterocycles. The molecule has 1 aromatic rings. The number of anilines is 1. The average Bonchev–Trinajstić information content (AvgIpc) is 2.03. The first-order valence-electron chi connectivity index (χ1n) is 3.96. The summed E-state index contributed by atoms with van der Waals surface area (Å²) in [5.41, 5.74) is 11.2. The molecular weight excluding hydrogens is 168 g/mol. The first-order valence-corrected chi connectivity index (χ1v) is 3.96. The number of phenols is 1. The summed E-state index contributed by atoms with van der Waals surface area (Å²) in [5, 5.41) is 18.5. The van der Waals surface area contributed by atoms with Gasteiger partial charge in [0, 0.05) is 17.3 Å². The first kappa shape index (κ1) is 9.83. The maximum Gasteiger partial charge on any atom is 0.122 e. The van der Waals surface area contributed by atoms with Crippen LogP contribution in [0.25, 0.3) is 0 Å². The molecule has 0 radical (unpaired) electrons. The molecule has 0 amide bonds. The number of nitrogens with two attached hydrogens (primary N) is 2. The van der Waals surface area contributed by atoms with Gasteiger partial charge in [-0.1, -0.05) is 6.07 Å². The fourth-order valence-corrected chi connectivity index (χ4v) is 1.12. The molecule has 0 aliphatic rings. The van der Waals surface area contributed by atoms with Crippen LogP contribution in [0.4, 0.5) is 5.69 Å². The molecule has 4 nitrogen and oxygen atoms in total. The molecule has 1 aromatic carbocycles. The molecule has 13 heavy (non-hydrogen) atoms. The Kier molecular flexibility index (Phi) is 2.45. The van der Waals surface area contributed by atoms with Crippen molar-refractivity contribution in [3.05, 3.63) is 23.8 Å². The van der Waals surface area contributed by atoms with Gasteiger partial charge in [0.1, 0.15) is 5.75 Å². The van der Waals surface area contributed by atoms with Crippen LogP contribution < -0.4 is 11.5 Å². The molecule has 1 atom stereocenters. The van der Waals surface area contributed by atoms with Crippen molar-refractivity contribution in [2.75, 3.05) is 12.3 Å². The number of nitrogen functional groups attached to an aromatic ring is 1. The number of hydrogen-bond acceptors (Lipinski definition) is 4. The number of aromatic hydroxyl groups is 1. The minimum atomic E-state index is -0.933. The van der Waals surface area contributed by atoms with Gasteiger partial charge in [0.15, 0.2) is 0 Å². The van der Waals surface area contributed by atoms with E-state index in [9.17, 15) is 5.11 Å². The Balaban J connectivity index is 3.16. The Morgan fingerprint density at radius 1 is 1.46 bits per heavy atom. The van der Waals surface area contributed by atoms with Gasteiger partial charge in [0.25, 0.3) is 0 Å². The summed E-state index contributed by atoms with van der Waals surface area (Å²) in [5.74, 6) is 0.0130. The summed E-state index contributed by atoms with van der Waals surface area (Å²) in [6.45, 7) is 1.41. The summed E-state index contributed by atoms with van der Waals surface area (Å²) < 4.78 is 0. The molecule has 0 bridgehead atoms. The van der Waals surface area contributed by atoms with Crippen molar-refractivity contribution in [2.45, 2.75) is 12.5 Å². The molecule has 1 rings (SSSR count). The van der Waals surface area contributed by atoms with Gasteiger partial charge in [-0.3, -0.25) is 0 Å². The van der Waals surface area contributed by atoms with Crippen LogP contribution in [0.3, 0.4) is 0 Å². The SMILES string of the molecule is C[C@](N)(CO)c1ccc(N)cc1O. The van der Waals surface area contributed by atoms with Crippen LogP contribution in [0.15, 0.2) is 18.2 Å². The van der Waals surface area contributed by atoms with E-state index in [1.54, 1.807) is 19.1 Å². The molecule has 0 saturated carbocycles. The summed E-state index contributed by atoms with van der Waals surface area (Å²) in [6.07, 6.45) is 0. The zero-order valence-electron chi connectivity index (χ0n) is 7.49. The average molecular weight is 182 g/mol. The lowest BCUT2D eigenvalue weighted by molar-refractivity contribution is 0.207. The number of hydrogen-bond donors (Lipinski definition) is 4. The van der Waals surface area contributed by atoms with Crippen molar-refractivity contribution >= 4 is 5.69 Å². The van der Waals surface area contributed by atoms with Crippen LogP contribution in [0.2, 0.25) is 0 Å². The van der Waals surface area contributed by atoms with Crippen molar-refractivity contribution in [3.63, 3.8) is 0 Å². The fourth-order valence-electron chi connectivity index (χ4n) is 1.12. The van der Waals surface area contributed by atoms with E-state index in [4.69, 9.17) is 16.6 Å². The summed E-state index contributed by atoms with van der Waals surface area (Å²) in [4.78, 5) is 0. The van der Waals surface area contributed by atoms with Crippen LogP contribution in [-0.2, 0) is 5.54 Å². The molecule has 0 aliphatic heterocycles. The van der Waals surface area contributed by atoms with Crippen molar-refractivity contribution < 1.29 is 10.2 Å². The van der Waals surface area contributed by atoms with E-state index >= 15 is 0 Å². The second-order valence-corrected chi connectivity index (χ2v) is 3.35. The van der Waals surface area contributed by atoms with Crippen molar-refractivity contribution in [1.29, 1.82) is 0 Å². The molecule has 0 saturated heterocycles. The molecule has 0 unspecified atom stereocenters. The highest BCUT2D eigenvalue weighted by atomic mass is 16.3. The monoisotopic (exact) mass is 182 g/mol. The molecule has 4 heteroatoms. The van der Waals surface area contributed by atoms with Gasteiger partial charge in [-0.25, -0.2) is 0 Å². The standard InChI is InChI=1S/C9H14N2O2/c1-9(11,5-12)7-3-2-6(10)4-8(7)13/h2-4,12-13H,5,10-11H2,1H3/t9-/m0/s1. The number of rotatable bonds is 2. The number of phenolic OH excluding ortho intramolecular Hbond substituents is 1. The lowest BCUT2D eigenvalue weighted by Gasteiger charge is -2.23. The lowest BCUT2D eigenvalue weighted by Crippen LogP contribution is -2.36. The summed E-state index contributed by atoms with van der Waals surface area (Å²) in [7, 11) is 0. The lowest BCUT2D eigenvalue weighted by atomic mass is 9.93. The molecule has 6 N–H and O–H groups in total. The van der Waals surface area contributed by atoms with E-state index in [0.29, 0.717) is 11.3 Å². The van der Waals surface area contributed by atoms with Crippen LogP contribution in [0, 0.1) is 0 Å². The third-order valence-corrected chi connectivity index (χ3v) is 1.97. The number of aliphatic hydroxyl groups is 1. The Morgan fingerprint density at radius 2 is 2.08 bits per heavy atom. The predicted molar refractivity (Wildman–Crippen MR) is 51.1 cm³/mol. The van der Waals surface area contributed by atoms with Crippen molar-refractivity contribution in [3.8, 4) is 5.75 Å². The van der Waals surface area contributed by atoms with Gasteiger partial charge in [0.2, 0.25) is 0 Å². The molecule has 0 aliphatic carbocycles. The Labute approximate surface area is 76.8 Å². The predicted octanol–water partition coefficient (Wildman–Crippen LogP) is 0.141. The van der Waals surface area contributed by atoms with E-state index in [2.05, 4.69) is 0 Å². The second kappa shape index (κ2) is 3.24.